The Morgan fingerprint density at radius 1 is 1.31 bits per heavy atom. The fourth-order valence-corrected chi connectivity index (χ4v) is 2.99. The molecule has 0 aliphatic heterocycles. The Morgan fingerprint density at radius 3 is 2.69 bits per heavy atom. The van der Waals surface area contributed by atoms with Crippen LogP contribution >= 0.6 is 11.8 Å². The van der Waals surface area contributed by atoms with Crippen molar-refractivity contribution in [2.75, 3.05) is 5.75 Å². The minimum atomic E-state index is -0.474. The second kappa shape index (κ2) is 8.13. The standard InChI is InChI=1S/C17H18FN5O2S/c1-2-9-23-15(11-3-5-12(18)6-4-11)21-22-17(23)26-10-14(24)20-16(25)19-13-7-8-13/h2-6,13H,1,7-10H2,(H2,19,20,24,25). The molecule has 9 heteroatoms. The molecule has 2 aromatic rings. The number of rotatable bonds is 7. The molecule has 3 rings (SSSR count). The highest BCUT2D eigenvalue weighted by Crippen LogP contribution is 2.24. The van der Waals surface area contributed by atoms with E-state index >= 15 is 0 Å². The van der Waals surface area contributed by atoms with E-state index in [1.54, 1.807) is 22.8 Å². The van der Waals surface area contributed by atoms with Gasteiger partial charge in [-0.15, -0.1) is 16.8 Å². The topological polar surface area (TPSA) is 88.9 Å². The van der Waals surface area contributed by atoms with Crippen LogP contribution in [0.3, 0.4) is 0 Å². The van der Waals surface area contributed by atoms with Crippen LogP contribution in [-0.2, 0) is 11.3 Å². The fraction of sp³-hybridized carbons (Fsp3) is 0.294. The van der Waals surface area contributed by atoms with Crippen molar-refractivity contribution in [3.05, 3.63) is 42.7 Å². The minimum absolute atomic E-state index is 0.0246. The molecule has 0 atom stereocenters. The van der Waals surface area contributed by atoms with Crippen LogP contribution in [0.4, 0.5) is 9.18 Å². The van der Waals surface area contributed by atoms with Crippen molar-refractivity contribution in [1.82, 2.24) is 25.4 Å². The van der Waals surface area contributed by atoms with E-state index in [0.29, 0.717) is 23.1 Å². The number of thioether (sulfide) groups is 1. The van der Waals surface area contributed by atoms with Crippen molar-refractivity contribution in [2.45, 2.75) is 30.6 Å². The van der Waals surface area contributed by atoms with Crippen molar-refractivity contribution < 1.29 is 14.0 Å². The lowest BCUT2D eigenvalue weighted by Crippen LogP contribution is -2.41. The number of imide groups is 1. The zero-order valence-electron chi connectivity index (χ0n) is 13.9. The highest BCUT2D eigenvalue weighted by Gasteiger charge is 2.24. The Labute approximate surface area is 154 Å². The molecular weight excluding hydrogens is 357 g/mol. The molecule has 0 bridgehead atoms. The van der Waals surface area contributed by atoms with E-state index in [1.807, 2.05) is 0 Å². The summed E-state index contributed by atoms with van der Waals surface area (Å²) in [4.78, 5) is 23.5. The maximum absolute atomic E-state index is 13.1. The average Bonchev–Trinajstić information content (AvgIpc) is 3.33. The van der Waals surface area contributed by atoms with Gasteiger partial charge in [0, 0.05) is 18.2 Å². The first-order chi connectivity index (χ1) is 12.6. The summed E-state index contributed by atoms with van der Waals surface area (Å²) in [6.45, 7) is 4.15. The Hall–Kier alpha value is -2.68. The van der Waals surface area contributed by atoms with Gasteiger partial charge in [0.05, 0.1) is 5.75 Å². The Kier molecular flexibility index (Phi) is 5.67. The van der Waals surface area contributed by atoms with Crippen LogP contribution in [0.2, 0.25) is 0 Å². The van der Waals surface area contributed by atoms with Gasteiger partial charge < -0.3 is 5.32 Å². The molecule has 1 fully saturated rings. The van der Waals surface area contributed by atoms with Crippen LogP contribution in [0, 0.1) is 5.82 Å². The van der Waals surface area contributed by atoms with Gasteiger partial charge in [-0.3, -0.25) is 14.7 Å². The van der Waals surface area contributed by atoms with Gasteiger partial charge in [-0.25, -0.2) is 9.18 Å². The number of nitrogens with one attached hydrogen (secondary N) is 2. The van der Waals surface area contributed by atoms with Gasteiger partial charge in [-0.1, -0.05) is 17.8 Å². The molecule has 1 aromatic carbocycles. The zero-order chi connectivity index (χ0) is 18.5. The maximum atomic E-state index is 13.1. The fourth-order valence-electron chi connectivity index (χ4n) is 2.24. The number of aromatic nitrogens is 3. The molecule has 7 nitrogen and oxygen atoms in total. The van der Waals surface area contributed by atoms with Crippen LogP contribution in [0.15, 0.2) is 42.1 Å². The molecule has 1 aliphatic rings. The number of carbonyl (C=O) groups excluding carboxylic acids is 2. The van der Waals surface area contributed by atoms with Crippen molar-refractivity contribution in [2.24, 2.45) is 0 Å². The third-order valence-electron chi connectivity index (χ3n) is 3.63. The number of urea groups is 1. The number of nitrogens with zero attached hydrogens (tertiary/aromatic N) is 3. The normalized spacial score (nSPS) is 13.3. The predicted molar refractivity (Wildman–Crippen MR) is 96.0 cm³/mol. The molecule has 0 radical (unpaired) electrons. The van der Waals surface area contributed by atoms with E-state index in [-0.39, 0.29) is 17.6 Å². The number of carbonyl (C=O) groups is 2. The summed E-state index contributed by atoms with van der Waals surface area (Å²) in [6.07, 6.45) is 3.59. The summed E-state index contributed by atoms with van der Waals surface area (Å²) >= 11 is 1.17. The Bertz CT molecular complexity index is 817. The molecule has 1 aromatic heterocycles. The van der Waals surface area contributed by atoms with Crippen LogP contribution < -0.4 is 10.6 Å². The van der Waals surface area contributed by atoms with Gasteiger partial charge in [0.2, 0.25) is 5.91 Å². The van der Waals surface area contributed by atoms with Crippen LogP contribution in [0.1, 0.15) is 12.8 Å². The summed E-state index contributed by atoms with van der Waals surface area (Å²) in [5.41, 5.74) is 0.709. The summed E-state index contributed by atoms with van der Waals surface area (Å²) in [5, 5.41) is 13.7. The monoisotopic (exact) mass is 375 g/mol. The van der Waals surface area contributed by atoms with Crippen molar-refractivity contribution in [3.8, 4) is 11.4 Å². The smallest absolute Gasteiger partial charge is 0.321 e. The number of hydrogen-bond acceptors (Lipinski definition) is 5. The van der Waals surface area contributed by atoms with E-state index < -0.39 is 11.9 Å². The van der Waals surface area contributed by atoms with Gasteiger partial charge in [-0.2, -0.15) is 0 Å². The molecule has 1 aliphatic carbocycles. The lowest BCUT2D eigenvalue weighted by molar-refractivity contribution is -0.117. The van der Waals surface area contributed by atoms with E-state index in [2.05, 4.69) is 27.4 Å². The van der Waals surface area contributed by atoms with Crippen LogP contribution in [0.5, 0.6) is 0 Å². The predicted octanol–water partition coefficient (Wildman–Crippen LogP) is 2.35. The molecule has 0 spiro atoms. The highest BCUT2D eigenvalue weighted by atomic mass is 32.2. The quantitative estimate of drug-likeness (QED) is 0.573. The summed E-state index contributed by atoms with van der Waals surface area (Å²) < 4.78 is 14.9. The largest absolute Gasteiger partial charge is 0.335 e. The summed E-state index contributed by atoms with van der Waals surface area (Å²) in [5.74, 6) is -0.167. The third-order valence-corrected chi connectivity index (χ3v) is 4.60. The number of halogens is 1. The molecule has 1 heterocycles. The van der Waals surface area contributed by atoms with Crippen molar-refractivity contribution in [1.29, 1.82) is 0 Å². The number of allylic oxidation sites excluding steroid dienone is 1. The first-order valence-corrected chi connectivity index (χ1v) is 9.08. The Morgan fingerprint density at radius 2 is 2.04 bits per heavy atom. The Balaban J connectivity index is 1.65. The molecule has 0 saturated heterocycles. The lowest BCUT2D eigenvalue weighted by Gasteiger charge is -2.08. The molecule has 26 heavy (non-hydrogen) atoms. The van der Waals surface area contributed by atoms with Crippen LogP contribution in [-0.4, -0.2) is 38.5 Å². The first-order valence-electron chi connectivity index (χ1n) is 8.10. The second-order valence-corrected chi connectivity index (χ2v) is 6.74. The SMILES string of the molecule is C=CCn1c(SCC(=O)NC(=O)NC2CC2)nnc1-c1ccc(F)cc1. The number of hydrogen-bond donors (Lipinski definition) is 2. The first kappa shape index (κ1) is 18.1. The summed E-state index contributed by atoms with van der Waals surface area (Å²) in [6, 6.07) is 5.63. The van der Waals surface area contributed by atoms with E-state index in [4.69, 9.17) is 0 Å². The van der Waals surface area contributed by atoms with Gasteiger partial charge in [0.1, 0.15) is 5.82 Å². The minimum Gasteiger partial charge on any atom is -0.335 e. The van der Waals surface area contributed by atoms with Crippen molar-refractivity contribution >= 4 is 23.7 Å². The molecule has 0 unspecified atom stereocenters. The number of amides is 3. The molecule has 136 valence electrons. The van der Waals surface area contributed by atoms with Gasteiger partial charge >= 0.3 is 6.03 Å². The van der Waals surface area contributed by atoms with E-state index in [1.165, 1.54) is 23.9 Å². The van der Waals surface area contributed by atoms with Crippen LogP contribution in [0.25, 0.3) is 11.4 Å². The second-order valence-electron chi connectivity index (χ2n) is 5.80. The molecule has 2 N–H and O–H groups in total. The van der Waals surface area contributed by atoms with Gasteiger partial charge in [0.25, 0.3) is 0 Å². The highest BCUT2D eigenvalue weighted by molar-refractivity contribution is 7.99. The third kappa shape index (κ3) is 4.69. The molecular formula is C17H18FN5O2S. The average molecular weight is 375 g/mol. The lowest BCUT2D eigenvalue weighted by atomic mass is 10.2. The van der Waals surface area contributed by atoms with E-state index in [0.717, 1.165) is 12.8 Å². The molecule has 3 amide bonds. The van der Waals surface area contributed by atoms with Crippen molar-refractivity contribution in [3.63, 3.8) is 0 Å². The maximum Gasteiger partial charge on any atom is 0.321 e. The van der Waals surface area contributed by atoms with E-state index in [9.17, 15) is 14.0 Å². The number of benzene rings is 1. The zero-order valence-corrected chi connectivity index (χ0v) is 14.8. The summed E-state index contributed by atoms with van der Waals surface area (Å²) in [7, 11) is 0. The van der Waals surface area contributed by atoms with Gasteiger partial charge in [0.15, 0.2) is 11.0 Å². The molecule has 1 saturated carbocycles. The van der Waals surface area contributed by atoms with Gasteiger partial charge in [-0.05, 0) is 37.1 Å².